The number of ether oxygens (including phenoxy) is 2. The zero-order valence-electron chi connectivity index (χ0n) is 16.7. The van der Waals surface area contributed by atoms with Gasteiger partial charge in [-0.25, -0.2) is 4.68 Å². The lowest BCUT2D eigenvalue weighted by Gasteiger charge is -2.43. The highest BCUT2D eigenvalue weighted by Gasteiger charge is 2.35. The number of carbonyl (C=O) groups is 1. The molecule has 1 saturated heterocycles. The molecule has 1 aliphatic rings. The first-order valence-electron chi connectivity index (χ1n) is 9.51. The third-order valence-electron chi connectivity index (χ3n) is 5.19. The summed E-state index contributed by atoms with van der Waals surface area (Å²) in [5.74, 6) is 0.944. The Hall–Kier alpha value is -2.52. The molecule has 1 fully saturated rings. The van der Waals surface area contributed by atoms with E-state index in [1.54, 1.807) is 25.2 Å². The van der Waals surface area contributed by atoms with Gasteiger partial charge in [-0.15, -0.1) is 5.10 Å². The van der Waals surface area contributed by atoms with E-state index in [0.717, 1.165) is 38.3 Å². The van der Waals surface area contributed by atoms with Crippen LogP contribution in [0.4, 0.5) is 5.69 Å². The van der Waals surface area contributed by atoms with Crippen molar-refractivity contribution in [3.63, 3.8) is 0 Å². The first-order chi connectivity index (χ1) is 13.6. The normalized spacial score (nSPS) is 20.1. The third kappa shape index (κ3) is 4.66. The smallest absolute Gasteiger partial charge is 0.253 e. The van der Waals surface area contributed by atoms with Crippen LogP contribution in [0.2, 0.25) is 0 Å². The molecule has 0 saturated carbocycles. The van der Waals surface area contributed by atoms with Crippen LogP contribution < -0.4 is 9.64 Å². The van der Waals surface area contributed by atoms with Crippen molar-refractivity contribution in [3.8, 4) is 5.75 Å². The number of piperidine rings is 1. The van der Waals surface area contributed by atoms with Crippen LogP contribution in [0.1, 0.15) is 13.3 Å². The lowest BCUT2D eigenvalue weighted by molar-refractivity contribution is -0.123. The predicted octanol–water partition coefficient (Wildman–Crippen LogP) is 1.07. The molecule has 1 amide bonds. The van der Waals surface area contributed by atoms with Gasteiger partial charge in [-0.1, -0.05) is 19.1 Å². The Morgan fingerprint density at radius 3 is 2.79 bits per heavy atom. The van der Waals surface area contributed by atoms with Crippen LogP contribution in [0.3, 0.4) is 0 Å². The maximum absolute atomic E-state index is 12.9. The molecular formula is C19H28N6O3. The molecule has 152 valence electrons. The molecule has 2 aromatic rings. The maximum Gasteiger partial charge on any atom is 0.253 e. The van der Waals surface area contributed by atoms with E-state index in [1.807, 2.05) is 29.2 Å². The van der Waals surface area contributed by atoms with E-state index in [4.69, 9.17) is 9.47 Å². The van der Waals surface area contributed by atoms with E-state index in [1.165, 1.54) is 0 Å². The van der Waals surface area contributed by atoms with Crippen molar-refractivity contribution in [1.82, 2.24) is 25.1 Å². The Kier molecular flexibility index (Phi) is 6.94. The van der Waals surface area contributed by atoms with Crippen molar-refractivity contribution in [2.75, 3.05) is 45.4 Å². The van der Waals surface area contributed by atoms with Crippen molar-refractivity contribution in [1.29, 1.82) is 0 Å². The van der Waals surface area contributed by atoms with Gasteiger partial charge in [-0.05, 0) is 34.9 Å². The fraction of sp³-hybridized carbons (Fsp3) is 0.579. The Bertz CT molecular complexity index is 754. The van der Waals surface area contributed by atoms with Gasteiger partial charge >= 0.3 is 0 Å². The average Bonchev–Trinajstić information content (AvgIpc) is 3.22. The molecule has 2 unspecified atom stereocenters. The highest BCUT2D eigenvalue weighted by molar-refractivity contribution is 5.96. The Morgan fingerprint density at radius 2 is 2.11 bits per heavy atom. The monoisotopic (exact) mass is 388 g/mol. The molecular weight excluding hydrogens is 360 g/mol. The number of likely N-dealkylation sites (tertiary alicyclic amines) is 1. The summed E-state index contributed by atoms with van der Waals surface area (Å²) >= 11 is 0. The topological polar surface area (TPSA) is 85.6 Å². The van der Waals surface area contributed by atoms with E-state index in [2.05, 4.69) is 27.3 Å². The lowest BCUT2D eigenvalue weighted by Crippen LogP contribution is -2.53. The quantitative estimate of drug-likeness (QED) is 0.669. The second kappa shape index (κ2) is 9.61. The van der Waals surface area contributed by atoms with Gasteiger partial charge in [0, 0.05) is 32.8 Å². The number of rotatable bonds is 8. The van der Waals surface area contributed by atoms with Gasteiger partial charge in [-0.2, -0.15) is 0 Å². The van der Waals surface area contributed by atoms with Crippen molar-refractivity contribution in [2.45, 2.75) is 25.9 Å². The van der Waals surface area contributed by atoms with Gasteiger partial charge in [-0.3, -0.25) is 4.79 Å². The molecule has 0 spiro atoms. The molecule has 9 nitrogen and oxygen atoms in total. The summed E-state index contributed by atoms with van der Waals surface area (Å²) in [6.45, 7) is 5.67. The zero-order chi connectivity index (χ0) is 19.9. The largest absolute Gasteiger partial charge is 0.495 e. The average molecular weight is 388 g/mol. The lowest BCUT2D eigenvalue weighted by atomic mass is 9.91. The first-order valence-corrected chi connectivity index (χ1v) is 9.51. The molecule has 1 aliphatic heterocycles. The molecule has 9 heteroatoms. The van der Waals surface area contributed by atoms with E-state index in [9.17, 15) is 4.79 Å². The van der Waals surface area contributed by atoms with Crippen LogP contribution in [0.25, 0.3) is 0 Å². The number of anilines is 1. The molecule has 28 heavy (non-hydrogen) atoms. The number of tetrazole rings is 1. The molecule has 0 radical (unpaired) electrons. The summed E-state index contributed by atoms with van der Waals surface area (Å²) in [4.78, 5) is 17.2. The predicted molar refractivity (Wildman–Crippen MR) is 104 cm³/mol. The number of para-hydroxylation sites is 2. The SMILES string of the molecule is COCC(=O)N(c1ccccc1OC)C1CCN(CCn2cnnn2)CC1C. The van der Waals surface area contributed by atoms with E-state index >= 15 is 0 Å². The Morgan fingerprint density at radius 1 is 1.29 bits per heavy atom. The molecule has 2 atom stereocenters. The number of nitrogens with zero attached hydrogens (tertiary/aromatic N) is 6. The highest BCUT2D eigenvalue weighted by Crippen LogP contribution is 2.34. The van der Waals surface area contributed by atoms with Crippen molar-refractivity contribution in [2.24, 2.45) is 5.92 Å². The highest BCUT2D eigenvalue weighted by atomic mass is 16.5. The van der Waals surface area contributed by atoms with Crippen LogP contribution in [-0.4, -0.2) is 77.5 Å². The molecule has 1 aromatic heterocycles. The van der Waals surface area contributed by atoms with Gasteiger partial charge < -0.3 is 19.3 Å². The van der Waals surface area contributed by atoms with Gasteiger partial charge in [0.15, 0.2) is 0 Å². The van der Waals surface area contributed by atoms with E-state index in [0.29, 0.717) is 11.7 Å². The van der Waals surface area contributed by atoms with E-state index in [-0.39, 0.29) is 18.6 Å². The summed E-state index contributed by atoms with van der Waals surface area (Å²) in [6.07, 6.45) is 2.51. The third-order valence-corrected chi connectivity index (χ3v) is 5.19. The van der Waals surface area contributed by atoms with Gasteiger partial charge in [0.25, 0.3) is 5.91 Å². The number of benzene rings is 1. The minimum absolute atomic E-state index is 0.0459. The van der Waals surface area contributed by atoms with Crippen LogP contribution in [0, 0.1) is 5.92 Å². The van der Waals surface area contributed by atoms with Crippen LogP contribution >= 0.6 is 0 Å². The molecule has 2 heterocycles. The standard InChI is InChI=1S/C19H28N6O3/c1-15-12-23(10-11-24-14-20-21-22-24)9-8-16(15)25(19(26)13-27-2)17-6-4-5-7-18(17)28-3/h4-7,14-16H,8-13H2,1-3H3. The van der Waals surface area contributed by atoms with Crippen LogP contribution in [-0.2, 0) is 16.1 Å². The van der Waals surface area contributed by atoms with Gasteiger partial charge in [0.05, 0.1) is 19.3 Å². The van der Waals surface area contributed by atoms with Crippen molar-refractivity contribution in [3.05, 3.63) is 30.6 Å². The number of carbonyl (C=O) groups excluding carboxylic acids is 1. The van der Waals surface area contributed by atoms with Crippen LogP contribution in [0.5, 0.6) is 5.75 Å². The zero-order valence-corrected chi connectivity index (χ0v) is 16.7. The number of hydrogen-bond acceptors (Lipinski definition) is 7. The molecule has 1 aromatic carbocycles. The summed E-state index contributed by atoms with van der Waals surface area (Å²) in [5, 5.41) is 11.3. The second-order valence-corrected chi connectivity index (χ2v) is 7.08. The molecule has 0 bridgehead atoms. The molecule has 0 aliphatic carbocycles. The Balaban J connectivity index is 1.73. The number of aromatic nitrogens is 4. The summed E-state index contributed by atoms with van der Waals surface area (Å²) in [5.41, 5.74) is 0.797. The Labute approximate surface area is 165 Å². The van der Waals surface area contributed by atoms with E-state index < -0.39 is 0 Å². The first kappa shape index (κ1) is 20.2. The number of hydrogen-bond donors (Lipinski definition) is 0. The van der Waals surface area contributed by atoms with Crippen molar-refractivity contribution >= 4 is 11.6 Å². The summed E-state index contributed by atoms with van der Waals surface area (Å²) in [6, 6.07) is 7.74. The van der Waals surface area contributed by atoms with Crippen molar-refractivity contribution < 1.29 is 14.3 Å². The number of methoxy groups -OCH3 is 2. The number of amides is 1. The van der Waals surface area contributed by atoms with Gasteiger partial charge in [0.2, 0.25) is 0 Å². The fourth-order valence-electron chi connectivity index (χ4n) is 3.85. The minimum Gasteiger partial charge on any atom is -0.495 e. The molecule has 0 N–H and O–H groups in total. The van der Waals surface area contributed by atoms with Crippen LogP contribution in [0.15, 0.2) is 30.6 Å². The summed E-state index contributed by atoms with van der Waals surface area (Å²) in [7, 11) is 3.17. The fourth-order valence-corrected chi connectivity index (χ4v) is 3.85. The van der Waals surface area contributed by atoms with Gasteiger partial charge in [0.1, 0.15) is 18.7 Å². The second-order valence-electron chi connectivity index (χ2n) is 7.08. The molecule has 3 rings (SSSR count). The maximum atomic E-state index is 12.9. The minimum atomic E-state index is -0.0500. The summed E-state index contributed by atoms with van der Waals surface area (Å²) < 4.78 is 12.4.